The van der Waals surface area contributed by atoms with Crippen molar-refractivity contribution in [2.24, 2.45) is 0 Å². The summed E-state index contributed by atoms with van der Waals surface area (Å²) in [4.78, 5) is 15.3. The van der Waals surface area contributed by atoms with E-state index >= 15 is 0 Å². The summed E-state index contributed by atoms with van der Waals surface area (Å²) in [6.07, 6.45) is 0.603. The molecule has 2 heterocycles. The first-order valence-electron chi connectivity index (χ1n) is 8.93. The van der Waals surface area contributed by atoms with Gasteiger partial charge < -0.3 is 4.90 Å². The number of hydrogen-bond acceptors (Lipinski definition) is 5. The summed E-state index contributed by atoms with van der Waals surface area (Å²) in [5, 5.41) is 4.57. The van der Waals surface area contributed by atoms with Crippen LogP contribution in [0.4, 0.5) is 0 Å². The number of rotatable bonds is 6. The highest BCUT2D eigenvalue weighted by Gasteiger charge is 2.31. The molecule has 1 saturated heterocycles. The average molecular weight is 408 g/mol. The minimum atomic E-state index is -2.96. The maximum Gasteiger partial charge on any atom is 0.232 e. The van der Waals surface area contributed by atoms with Crippen molar-refractivity contribution in [1.82, 2.24) is 14.7 Å². The first-order chi connectivity index (χ1) is 12.8. The van der Waals surface area contributed by atoms with E-state index in [-0.39, 0.29) is 23.5 Å². The van der Waals surface area contributed by atoms with Crippen molar-refractivity contribution in [1.29, 1.82) is 0 Å². The molecule has 0 saturated carbocycles. The van der Waals surface area contributed by atoms with E-state index in [1.54, 1.807) is 11.9 Å². The van der Waals surface area contributed by atoms with E-state index in [0.29, 0.717) is 18.7 Å². The van der Waals surface area contributed by atoms with Gasteiger partial charge in [-0.2, -0.15) is 5.10 Å². The third kappa shape index (κ3) is 4.73. The average Bonchev–Trinajstić information content (AvgIpc) is 3.13. The first kappa shape index (κ1) is 19.9. The maximum absolute atomic E-state index is 12.5. The van der Waals surface area contributed by atoms with Gasteiger partial charge in [-0.05, 0) is 32.4 Å². The fourth-order valence-electron chi connectivity index (χ4n) is 3.35. The minimum absolute atomic E-state index is 0.0545. The number of amides is 1. The van der Waals surface area contributed by atoms with Crippen molar-refractivity contribution >= 4 is 27.5 Å². The van der Waals surface area contributed by atoms with Crippen molar-refractivity contribution in [2.45, 2.75) is 37.8 Å². The van der Waals surface area contributed by atoms with Gasteiger partial charge in [0, 0.05) is 29.7 Å². The van der Waals surface area contributed by atoms with Gasteiger partial charge in [0.1, 0.15) is 0 Å². The minimum Gasteiger partial charge on any atom is -0.341 e. The number of hydrogen-bond donors (Lipinski definition) is 0. The third-order valence-corrected chi connectivity index (χ3v) is 7.70. The van der Waals surface area contributed by atoms with Gasteiger partial charge in [-0.15, -0.1) is 11.8 Å². The van der Waals surface area contributed by atoms with Gasteiger partial charge in [0.15, 0.2) is 9.84 Å². The molecule has 146 valence electrons. The summed E-state index contributed by atoms with van der Waals surface area (Å²) >= 11 is 1.52. The number of carbonyl (C=O) groups excluding carboxylic acids is 1. The molecule has 27 heavy (non-hydrogen) atoms. The van der Waals surface area contributed by atoms with Gasteiger partial charge in [0.2, 0.25) is 5.91 Å². The number of carbonyl (C=O) groups is 1. The van der Waals surface area contributed by atoms with Crippen molar-refractivity contribution < 1.29 is 13.2 Å². The number of benzene rings is 1. The van der Waals surface area contributed by atoms with E-state index in [1.807, 2.05) is 48.9 Å². The van der Waals surface area contributed by atoms with Gasteiger partial charge in [-0.25, -0.2) is 8.42 Å². The zero-order chi connectivity index (χ0) is 19.6. The van der Waals surface area contributed by atoms with Gasteiger partial charge in [0.05, 0.1) is 29.0 Å². The molecule has 1 amide bonds. The lowest BCUT2D eigenvalue weighted by Gasteiger charge is -2.18. The highest BCUT2D eigenvalue weighted by atomic mass is 32.2. The van der Waals surface area contributed by atoms with Crippen molar-refractivity contribution in [3.8, 4) is 0 Å². The molecular weight excluding hydrogens is 382 g/mol. The van der Waals surface area contributed by atoms with Gasteiger partial charge in [-0.3, -0.25) is 9.48 Å². The fourth-order valence-corrected chi connectivity index (χ4v) is 5.90. The van der Waals surface area contributed by atoms with Crippen LogP contribution in [0.3, 0.4) is 0 Å². The van der Waals surface area contributed by atoms with E-state index in [2.05, 4.69) is 5.10 Å². The van der Waals surface area contributed by atoms with Crippen LogP contribution in [-0.2, 0) is 21.2 Å². The van der Waals surface area contributed by atoms with Crippen molar-refractivity contribution in [3.05, 3.63) is 47.3 Å². The van der Waals surface area contributed by atoms with Crippen molar-refractivity contribution in [3.63, 3.8) is 0 Å². The fraction of sp³-hybridized carbons (Fsp3) is 0.474. The second kappa shape index (κ2) is 8.06. The number of aryl methyl sites for hydroxylation is 1. The second-order valence-corrected chi connectivity index (χ2v) is 10.3. The molecular formula is C19H25N3O3S2. The van der Waals surface area contributed by atoms with Gasteiger partial charge >= 0.3 is 0 Å². The lowest BCUT2D eigenvalue weighted by molar-refractivity contribution is -0.127. The van der Waals surface area contributed by atoms with E-state index < -0.39 is 9.84 Å². The second-order valence-electron chi connectivity index (χ2n) is 7.00. The Morgan fingerprint density at radius 3 is 2.63 bits per heavy atom. The van der Waals surface area contributed by atoms with E-state index in [9.17, 15) is 13.2 Å². The summed E-state index contributed by atoms with van der Waals surface area (Å²) in [6.45, 7) is 4.35. The number of sulfone groups is 1. The Bertz CT molecular complexity index is 923. The molecule has 0 unspecified atom stereocenters. The molecule has 1 aliphatic heterocycles. The highest BCUT2D eigenvalue weighted by molar-refractivity contribution is 8.00. The van der Waals surface area contributed by atoms with Crippen molar-refractivity contribution in [2.75, 3.05) is 24.3 Å². The summed E-state index contributed by atoms with van der Waals surface area (Å²) in [6, 6.07) is 9.76. The summed E-state index contributed by atoms with van der Waals surface area (Å²) in [5.74, 6) is 0.809. The SMILES string of the molecule is Cc1nn([C@@H]2CCS(=O)(=O)C2)c(C)c1CN(C)C(=O)CSc1ccccc1. The summed E-state index contributed by atoms with van der Waals surface area (Å²) < 4.78 is 25.4. The molecule has 1 atom stereocenters. The molecule has 0 aliphatic carbocycles. The third-order valence-electron chi connectivity index (χ3n) is 4.96. The molecule has 6 nitrogen and oxygen atoms in total. The van der Waals surface area contributed by atoms with Crippen LogP contribution in [-0.4, -0.2) is 53.3 Å². The monoisotopic (exact) mass is 407 g/mol. The molecule has 0 radical (unpaired) electrons. The maximum atomic E-state index is 12.5. The normalized spacial score (nSPS) is 18.6. The van der Waals surface area contributed by atoms with E-state index in [0.717, 1.165) is 21.8 Å². The largest absolute Gasteiger partial charge is 0.341 e. The van der Waals surface area contributed by atoms with Gasteiger partial charge in [-0.1, -0.05) is 18.2 Å². The van der Waals surface area contributed by atoms with Crippen LogP contribution in [0.15, 0.2) is 35.2 Å². The molecule has 3 rings (SSSR count). The molecule has 8 heteroatoms. The van der Waals surface area contributed by atoms with Crippen LogP contribution in [0.1, 0.15) is 29.4 Å². The zero-order valence-electron chi connectivity index (χ0n) is 15.9. The number of aromatic nitrogens is 2. The molecule has 1 fully saturated rings. The quantitative estimate of drug-likeness (QED) is 0.689. The molecule has 0 N–H and O–H groups in total. The lowest BCUT2D eigenvalue weighted by atomic mass is 10.1. The molecule has 0 bridgehead atoms. The molecule has 0 spiro atoms. The molecule has 1 aromatic heterocycles. The van der Waals surface area contributed by atoms with E-state index in [1.165, 1.54) is 11.8 Å². The van der Waals surface area contributed by atoms with Crippen LogP contribution in [0.5, 0.6) is 0 Å². The Kier molecular flexibility index (Phi) is 5.95. The molecule has 1 aromatic carbocycles. The Morgan fingerprint density at radius 2 is 2.00 bits per heavy atom. The van der Waals surface area contributed by atoms with Crippen LogP contribution < -0.4 is 0 Å². The Labute approximate surface area is 164 Å². The molecule has 1 aliphatic rings. The lowest BCUT2D eigenvalue weighted by Crippen LogP contribution is -2.28. The molecule has 2 aromatic rings. The topological polar surface area (TPSA) is 72.3 Å². The predicted molar refractivity (Wildman–Crippen MR) is 108 cm³/mol. The number of nitrogens with zero attached hydrogens (tertiary/aromatic N) is 3. The standard InChI is InChI=1S/C19H25N3O3S2/c1-14-18(15(2)22(20-14)16-9-10-27(24,25)13-16)11-21(3)19(23)12-26-17-7-5-4-6-8-17/h4-8,16H,9-13H2,1-3H3/t16-/m1/s1. The van der Waals surface area contributed by atoms with E-state index in [4.69, 9.17) is 0 Å². The highest BCUT2D eigenvalue weighted by Crippen LogP contribution is 2.27. The summed E-state index contributed by atoms with van der Waals surface area (Å²) in [5.41, 5.74) is 2.80. The summed E-state index contributed by atoms with van der Waals surface area (Å²) in [7, 11) is -1.17. The number of thioether (sulfide) groups is 1. The Morgan fingerprint density at radius 1 is 1.30 bits per heavy atom. The van der Waals surface area contributed by atoms with Crippen LogP contribution >= 0.6 is 11.8 Å². The van der Waals surface area contributed by atoms with Gasteiger partial charge in [0.25, 0.3) is 0 Å². The zero-order valence-corrected chi connectivity index (χ0v) is 17.5. The predicted octanol–water partition coefficient (Wildman–Crippen LogP) is 2.61. The first-order valence-corrected chi connectivity index (χ1v) is 11.7. The smallest absolute Gasteiger partial charge is 0.232 e. The Hall–Kier alpha value is -1.80. The van der Waals surface area contributed by atoms with Crippen LogP contribution in [0.2, 0.25) is 0 Å². The van der Waals surface area contributed by atoms with Crippen LogP contribution in [0.25, 0.3) is 0 Å². The Balaban J connectivity index is 1.65. The van der Waals surface area contributed by atoms with Crippen LogP contribution in [0, 0.1) is 13.8 Å².